The molecule has 1 fully saturated rings. The third kappa shape index (κ3) is 4.25. The van der Waals surface area contributed by atoms with E-state index in [1.54, 1.807) is 12.4 Å². The minimum Gasteiger partial charge on any atom is -0.489 e. The van der Waals surface area contributed by atoms with Crippen molar-refractivity contribution < 1.29 is 14.6 Å². The van der Waals surface area contributed by atoms with Gasteiger partial charge in [0.2, 0.25) is 0 Å². The zero-order valence-corrected chi connectivity index (χ0v) is 15.6. The van der Waals surface area contributed by atoms with Gasteiger partial charge in [0.05, 0.1) is 11.7 Å². The number of unbranched alkanes of at least 4 members (excludes halogenated alkanes) is 2. The normalized spacial score (nSPS) is 19.6. The van der Waals surface area contributed by atoms with Gasteiger partial charge in [-0.3, -0.25) is 9.88 Å². The highest BCUT2D eigenvalue weighted by Gasteiger charge is 2.55. The van der Waals surface area contributed by atoms with Gasteiger partial charge in [0.15, 0.2) is 0 Å². The number of hydrogen-bond donors (Lipinski definition) is 1. The summed E-state index contributed by atoms with van der Waals surface area (Å²) in [6.45, 7) is 9.18. The van der Waals surface area contributed by atoms with Gasteiger partial charge in [0.25, 0.3) is 0 Å². The monoisotopic (exact) mass is 344 g/mol. The first-order chi connectivity index (χ1) is 11.8. The molecule has 1 aromatic heterocycles. The molecule has 0 spiro atoms. The molecule has 2 heterocycles. The van der Waals surface area contributed by atoms with E-state index in [1.165, 1.54) is 4.90 Å². The number of hydrogen-bond acceptors (Lipinski definition) is 3. The van der Waals surface area contributed by atoms with Crippen LogP contribution >= 0.6 is 0 Å². The lowest BCUT2D eigenvalue weighted by molar-refractivity contribution is -0.0962. The Hall–Kier alpha value is -2.22. The molecule has 136 valence electrons. The van der Waals surface area contributed by atoms with E-state index in [1.807, 2.05) is 6.07 Å². The smallest absolute Gasteiger partial charge is 0.407 e. The molecule has 1 saturated heterocycles. The van der Waals surface area contributed by atoms with E-state index >= 15 is 0 Å². The molecule has 0 bridgehead atoms. The maximum absolute atomic E-state index is 11.5. The predicted octanol–water partition coefficient (Wildman–Crippen LogP) is 4.17. The van der Waals surface area contributed by atoms with Crippen molar-refractivity contribution in [3.05, 3.63) is 24.0 Å². The van der Waals surface area contributed by atoms with Crippen molar-refractivity contribution in [2.75, 3.05) is 13.2 Å². The van der Waals surface area contributed by atoms with E-state index in [-0.39, 0.29) is 5.41 Å². The summed E-state index contributed by atoms with van der Waals surface area (Å²) in [4.78, 5) is 17.2. The number of carboxylic acid groups (broad SMARTS) is 1. The molecule has 0 saturated carbocycles. The topological polar surface area (TPSA) is 62.7 Å². The number of pyridine rings is 1. The lowest BCUT2D eigenvalue weighted by Gasteiger charge is -2.57. The quantitative estimate of drug-likeness (QED) is 0.643. The number of rotatable bonds is 5. The van der Waals surface area contributed by atoms with Crippen LogP contribution in [0, 0.1) is 17.3 Å². The van der Waals surface area contributed by atoms with Crippen LogP contribution in [0.2, 0.25) is 0 Å². The van der Waals surface area contributed by atoms with Crippen LogP contribution in [0.4, 0.5) is 4.79 Å². The zero-order valence-electron chi connectivity index (χ0n) is 15.6. The minimum absolute atomic E-state index is 0.214. The second kappa shape index (κ2) is 7.77. The molecule has 5 heteroatoms. The van der Waals surface area contributed by atoms with Crippen molar-refractivity contribution in [2.45, 2.75) is 58.9 Å². The van der Waals surface area contributed by atoms with Crippen LogP contribution in [0.1, 0.15) is 58.9 Å². The highest BCUT2D eigenvalue weighted by atomic mass is 16.5. The highest BCUT2D eigenvalue weighted by Crippen LogP contribution is 2.45. The summed E-state index contributed by atoms with van der Waals surface area (Å²) in [6.07, 6.45) is 6.38. The van der Waals surface area contributed by atoms with Crippen LogP contribution in [0.15, 0.2) is 18.5 Å². The molecule has 1 atom stereocenters. The third-order valence-corrected chi connectivity index (χ3v) is 4.97. The summed E-state index contributed by atoms with van der Waals surface area (Å²) in [5.74, 6) is 6.87. The van der Waals surface area contributed by atoms with Gasteiger partial charge in [-0.2, -0.15) is 0 Å². The van der Waals surface area contributed by atoms with E-state index in [9.17, 15) is 9.90 Å². The molecule has 5 nitrogen and oxygen atoms in total. The lowest BCUT2D eigenvalue weighted by Crippen LogP contribution is -2.70. The van der Waals surface area contributed by atoms with Crippen molar-refractivity contribution in [2.24, 2.45) is 5.41 Å². The van der Waals surface area contributed by atoms with Gasteiger partial charge in [-0.25, -0.2) is 4.79 Å². The number of amides is 1. The molecule has 0 aromatic carbocycles. The van der Waals surface area contributed by atoms with E-state index in [0.717, 1.165) is 31.2 Å². The molecule has 1 aliphatic heterocycles. The van der Waals surface area contributed by atoms with Crippen molar-refractivity contribution in [3.8, 4) is 17.6 Å². The maximum atomic E-state index is 11.5. The lowest BCUT2D eigenvalue weighted by atomic mass is 9.66. The Morgan fingerprint density at radius 1 is 1.44 bits per heavy atom. The minimum atomic E-state index is -0.890. The first-order valence-electron chi connectivity index (χ1n) is 8.87. The number of aromatic nitrogens is 1. The Morgan fingerprint density at radius 3 is 2.76 bits per heavy atom. The summed E-state index contributed by atoms with van der Waals surface area (Å²) >= 11 is 0. The van der Waals surface area contributed by atoms with Gasteiger partial charge in [-0.05, 0) is 24.3 Å². The molecule has 1 aromatic rings. The van der Waals surface area contributed by atoms with Crippen LogP contribution < -0.4 is 4.74 Å². The first kappa shape index (κ1) is 19.1. The summed E-state index contributed by atoms with van der Waals surface area (Å²) < 4.78 is 5.95. The Bertz CT molecular complexity index is 669. The standard InChI is InChI=1S/C20H28N2O3/c1-5-6-7-8-9-16-12-17(14-21-13-16)25-15-20(19(2,3)4)10-11-22(20)18(23)24/h12-14H,5-7,10-11,15H2,1-4H3,(H,23,24)/t20-/m0/s1. The molecule has 1 amide bonds. The van der Waals surface area contributed by atoms with Gasteiger partial charge >= 0.3 is 6.09 Å². The van der Waals surface area contributed by atoms with E-state index in [2.05, 4.69) is 44.5 Å². The van der Waals surface area contributed by atoms with E-state index < -0.39 is 11.6 Å². The summed E-state index contributed by atoms with van der Waals surface area (Å²) in [7, 11) is 0. The van der Waals surface area contributed by atoms with Crippen LogP contribution in [-0.2, 0) is 0 Å². The van der Waals surface area contributed by atoms with Gasteiger partial charge in [-0.15, -0.1) is 0 Å². The summed E-state index contributed by atoms with van der Waals surface area (Å²) in [5.41, 5.74) is 0.0955. The van der Waals surface area contributed by atoms with Crippen LogP contribution in [0.5, 0.6) is 5.75 Å². The molecule has 0 unspecified atom stereocenters. The summed E-state index contributed by atoms with van der Waals surface area (Å²) in [5, 5.41) is 9.45. The SMILES string of the molecule is CCCCC#Cc1cncc(OC[C@]2(C(C)(C)C)CCN2C(=O)O)c1. The second-order valence-electron chi connectivity index (χ2n) is 7.57. The fraction of sp³-hybridized carbons (Fsp3) is 0.600. The first-order valence-corrected chi connectivity index (χ1v) is 8.87. The van der Waals surface area contributed by atoms with Crippen molar-refractivity contribution in [1.29, 1.82) is 0 Å². The molecule has 1 N–H and O–H groups in total. The van der Waals surface area contributed by atoms with Crippen LogP contribution in [-0.4, -0.2) is 39.8 Å². The Labute approximate surface area is 150 Å². The molecule has 1 aliphatic rings. The zero-order chi connectivity index (χ0) is 18.5. The number of likely N-dealkylation sites (tertiary alicyclic amines) is 1. The molecule has 0 aliphatic carbocycles. The largest absolute Gasteiger partial charge is 0.489 e. The van der Waals surface area contributed by atoms with E-state index in [0.29, 0.717) is 18.9 Å². The molecular formula is C20H28N2O3. The average Bonchev–Trinajstić information content (AvgIpc) is 2.49. The molecular weight excluding hydrogens is 316 g/mol. The van der Waals surface area contributed by atoms with Crippen LogP contribution in [0.3, 0.4) is 0 Å². The van der Waals surface area contributed by atoms with Crippen molar-refractivity contribution >= 4 is 6.09 Å². The predicted molar refractivity (Wildman–Crippen MR) is 97.7 cm³/mol. The average molecular weight is 344 g/mol. The second-order valence-corrected chi connectivity index (χ2v) is 7.57. The number of ether oxygens (including phenoxy) is 1. The Balaban J connectivity index is 2.08. The van der Waals surface area contributed by atoms with Gasteiger partial charge < -0.3 is 9.84 Å². The van der Waals surface area contributed by atoms with Crippen LogP contribution in [0.25, 0.3) is 0 Å². The Kier molecular flexibility index (Phi) is 5.94. The third-order valence-electron chi connectivity index (χ3n) is 4.97. The van der Waals surface area contributed by atoms with Crippen molar-refractivity contribution in [3.63, 3.8) is 0 Å². The van der Waals surface area contributed by atoms with Gasteiger partial charge in [0.1, 0.15) is 12.4 Å². The Morgan fingerprint density at radius 2 is 2.20 bits per heavy atom. The van der Waals surface area contributed by atoms with E-state index in [4.69, 9.17) is 4.74 Å². The fourth-order valence-corrected chi connectivity index (χ4v) is 3.12. The fourth-order valence-electron chi connectivity index (χ4n) is 3.12. The van der Waals surface area contributed by atoms with Gasteiger partial charge in [-0.1, -0.05) is 46.0 Å². The number of carbonyl (C=O) groups is 1. The highest BCUT2D eigenvalue weighted by molar-refractivity contribution is 5.68. The number of nitrogens with zero attached hydrogens (tertiary/aromatic N) is 2. The maximum Gasteiger partial charge on any atom is 0.407 e. The molecule has 25 heavy (non-hydrogen) atoms. The van der Waals surface area contributed by atoms with Gasteiger partial charge in [0, 0.05) is 24.7 Å². The van der Waals surface area contributed by atoms with Crippen molar-refractivity contribution in [1.82, 2.24) is 9.88 Å². The molecule has 0 radical (unpaired) electrons. The molecule has 2 rings (SSSR count). The summed E-state index contributed by atoms with van der Waals surface area (Å²) in [6, 6.07) is 1.87.